The summed E-state index contributed by atoms with van der Waals surface area (Å²) >= 11 is 0. The summed E-state index contributed by atoms with van der Waals surface area (Å²) in [5, 5.41) is 9.08. The highest BCUT2D eigenvalue weighted by Crippen LogP contribution is 2.31. The molecule has 19 heavy (non-hydrogen) atoms. The predicted molar refractivity (Wildman–Crippen MR) is 75.5 cm³/mol. The minimum absolute atomic E-state index is 0.0646. The van der Waals surface area contributed by atoms with Crippen molar-refractivity contribution in [2.24, 2.45) is 0 Å². The Morgan fingerprint density at radius 2 is 1.89 bits per heavy atom. The molecule has 1 aromatic rings. The van der Waals surface area contributed by atoms with Crippen LogP contribution in [0.5, 0.6) is 5.75 Å². The molecular weight excluding hydrogens is 242 g/mol. The Morgan fingerprint density at radius 3 is 2.32 bits per heavy atom. The molecule has 1 atom stereocenters. The summed E-state index contributed by atoms with van der Waals surface area (Å²) in [6, 6.07) is 7.67. The third-order valence-corrected chi connectivity index (χ3v) is 3.43. The fourth-order valence-corrected chi connectivity index (χ4v) is 1.94. The van der Waals surface area contributed by atoms with Crippen molar-refractivity contribution in [2.75, 3.05) is 20.7 Å². The molecule has 4 nitrogen and oxygen atoms in total. The van der Waals surface area contributed by atoms with Crippen molar-refractivity contribution < 1.29 is 14.6 Å². The average molecular weight is 265 g/mol. The zero-order valence-electron chi connectivity index (χ0n) is 12.1. The van der Waals surface area contributed by atoms with E-state index in [1.54, 1.807) is 0 Å². The van der Waals surface area contributed by atoms with Gasteiger partial charge in [0, 0.05) is 0 Å². The fourth-order valence-electron chi connectivity index (χ4n) is 1.94. The lowest BCUT2D eigenvalue weighted by molar-refractivity contribution is -0.140. The van der Waals surface area contributed by atoms with Gasteiger partial charge >= 0.3 is 5.97 Å². The number of aliphatic carboxylic acids is 1. The summed E-state index contributed by atoms with van der Waals surface area (Å²) in [5.74, 6) is 0.0181. The molecule has 1 aromatic carbocycles. The molecule has 0 radical (unpaired) electrons. The molecule has 0 spiro atoms. The van der Waals surface area contributed by atoms with E-state index in [0.29, 0.717) is 6.61 Å². The van der Waals surface area contributed by atoms with E-state index in [2.05, 4.69) is 6.92 Å². The maximum atomic E-state index is 11.0. The SMILES string of the molecule is CCCOc1ccc(C(C)(CC(=O)O)N(C)C)cc1. The summed E-state index contributed by atoms with van der Waals surface area (Å²) in [5.41, 5.74) is 0.457. The average Bonchev–Trinajstić information content (AvgIpc) is 2.35. The Morgan fingerprint density at radius 1 is 1.32 bits per heavy atom. The van der Waals surface area contributed by atoms with Crippen LogP contribution in [-0.2, 0) is 10.3 Å². The minimum Gasteiger partial charge on any atom is -0.494 e. The number of hydrogen-bond donors (Lipinski definition) is 1. The minimum atomic E-state index is -0.803. The molecule has 0 heterocycles. The lowest BCUT2D eigenvalue weighted by Gasteiger charge is -2.35. The van der Waals surface area contributed by atoms with Crippen molar-refractivity contribution >= 4 is 5.97 Å². The Hall–Kier alpha value is -1.55. The quantitative estimate of drug-likeness (QED) is 0.823. The Bertz CT molecular complexity index is 414. The lowest BCUT2D eigenvalue weighted by Crippen LogP contribution is -2.40. The topological polar surface area (TPSA) is 49.8 Å². The molecule has 0 fully saturated rings. The fraction of sp³-hybridized carbons (Fsp3) is 0.533. The lowest BCUT2D eigenvalue weighted by atomic mass is 9.87. The first-order chi connectivity index (χ1) is 8.90. The maximum absolute atomic E-state index is 11.0. The van der Waals surface area contributed by atoms with E-state index in [9.17, 15) is 4.79 Å². The predicted octanol–water partition coefficient (Wildman–Crippen LogP) is 2.73. The van der Waals surface area contributed by atoms with Crippen molar-refractivity contribution in [2.45, 2.75) is 32.2 Å². The van der Waals surface area contributed by atoms with Crippen LogP contribution in [0.25, 0.3) is 0 Å². The molecule has 0 aliphatic heterocycles. The van der Waals surface area contributed by atoms with Crippen molar-refractivity contribution in [1.82, 2.24) is 4.90 Å². The van der Waals surface area contributed by atoms with E-state index in [1.807, 2.05) is 50.2 Å². The molecule has 1 N–H and O–H groups in total. The van der Waals surface area contributed by atoms with E-state index in [0.717, 1.165) is 17.7 Å². The van der Waals surface area contributed by atoms with Gasteiger partial charge in [0.05, 0.1) is 18.6 Å². The first-order valence-electron chi connectivity index (χ1n) is 6.52. The van der Waals surface area contributed by atoms with Gasteiger partial charge in [0.25, 0.3) is 0 Å². The van der Waals surface area contributed by atoms with Gasteiger partial charge in [0.15, 0.2) is 0 Å². The van der Waals surface area contributed by atoms with Crippen molar-refractivity contribution in [3.8, 4) is 5.75 Å². The molecule has 0 aromatic heterocycles. The van der Waals surface area contributed by atoms with Gasteiger partial charge in [-0.3, -0.25) is 9.69 Å². The highest BCUT2D eigenvalue weighted by Gasteiger charge is 2.31. The molecule has 0 saturated heterocycles. The van der Waals surface area contributed by atoms with Gasteiger partial charge in [0.2, 0.25) is 0 Å². The number of nitrogens with zero attached hydrogens (tertiary/aromatic N) is 1. The van der Waals surface area contributed by atoms with Crippen molar-refractivity contribution in [3.05, 3.63) is 29.8 Å². The number of benzene rings is 1. The van der Waals surface area contributed by atoms with Gasteiger partial charge in [-0.05, 0) is 45.1 Å². The standard InChI is InChI=1S/C15H23NO3/c1-5-10-19-13-8-6-12(7-9-13)15(2,16(3)4)11-14(17)18/h6-9H,5,10-11H2,1-4H3,(H,17,18). The van der Waals surface area contributed by atoms with Crippen LogP contribution in [0.2, 0.25) is 0 Å². The number of ether oxygens (including phenoxy) is 1. The summed E-state index contributed by atoms with van der Waals surface area (Å²) in [6.07, 6.45) is 1.03. The second-order valence-electron chi connectivity index (χ2n) is 5.11. The van der Waals surface area contributed by atoms with Crippen LogP contribution in [-0.4, -0.2) is 36.7 Å². The normalized spacial score (nSPS) is 14.2. The van der Waals surface area contributed by atoms with E-state index < -0.39 is 11.5 Å². The van der Waals surface area contributed by atoms with Crippen LogP contribution < -0.4 is 4.74 Å². The molecule has 1 unspecified atom stereocenters. The highest BCUT2D eigenvalue weighted by atomic mass is 16.5. The van der Waals surface area contributed by atoms with Crippen LogP contribution in [0.3, 0.4) is 0 Å². The zero-order valence-corrected chi connectivity index (χ0v) is 12.1. The van der Waals surface area contributed by atoms with Crippen LogP contribution in [0.4, 0.5) is 0 Å². The first-order valence-corrected chi connectivity index (χ1v) is 6.52. The van der Waals surface area contributed by atoms with Crippen LogP contribution >= 0.6 is 0 Å². The molecule has 1 rings (SSSR count). The molecule has 0 saturated carbocycles. The molecule has 0 bridgehead atoms. The third kappa shape index (κ3) is 3.96. The molecule has 0 aliphatic carbocycles. The van der Waals surface area contributed by atoms with E-state index in [1.165, 1.54) is 0 Å². The number of hydrogen-bond acceptors (Lipinski definition) is 3. The summed E-state index contributed by atoms with van der Waals surface area (Å²) in [7, 11) is 3.79. The Kier molecular flexibility index (Phi) is 5.36. The summed E-state index contributed by atoms with van der Waals surface area (Å²) in [4.78, 5) is 13.0. The second-order valence-corrected chi connectivity index (χ2v) is 5.11. The number of rotatable bonds is 7. The van der Waals surface area contributed by atoms with Crippen molar-refractivity contribution in [1.29, 1.82) is 0 Å². The molecule has 4 heteroatoms. The molecule has 0 aliphatic rings. The Balaban J connectivity index is 2.94. The van der Waals surface area contributed by atoms with Gasteiger partial charge in [0.1, 0.15) is 5.75 Å². The summed E-state index contributed by atoms with van der Waals surface area (Å²) in [6.45, 7) is 4.69. The second kappa shape index (κ2) is 6.57. The van der Waals surface area contributed by atoms with E-state index >= 15 is 0 Å². The highest BCUT2D eigenvalue weighted by molar-refractivity contribution is 5.68. The van der Waals surface area contributed by atoms with Crippen molar-refractivity contribution in [3.63, 3.8) is 0 Å². The number of carboxylic acid groups (broad SMARTS) is 1. The molecule has 106 valence electrons. The van der Waals surface area contributed by atoms with Crippen LogP contribution in [0.1, 0.15) is 32.3 Å². The van der Waals surface area contributed by atoms with Gasteiger partial charge in [-0.15, -0.1) is 0 Å². The van der Waals surface area contributed by atoms with Gasteiger partial charge in [-0.25, -0.2) is 0 Å². The van der Waals surface area contributed by atoms with Gasteiger partial charge in [-0.2, -0.15) is 0 Å². The molecular formula is C15H23NO3. The van der Waals surface area contributed by atoms with Crippen LogP contribution in [0, 0.1) is 0 Å². The smallest absolute Gasteiger partial charge is 0.305 e. The van der Waals surface area contributed by atoms with E-state index in [4.69, 9.17) is 9.84 Å². The summed E-state index contributed by atoms with van der Waals surface area (Å²) < 4.78 is 5.53. The first kappa shape index (κ1) is 15.5. The maximum Gasteiger partial charge on any atom is 0.305 e. The largest absolute Gasteiger partial charge is 0.494 e. The van der Waals surface area contributed by atoms with Gasteiger partial charge < -0.3 is 9.84 Å². The monoisotopic (exact) mass is 265 g/mol. The van der Waals surface area contributed by atoms with Gasteiger partial charge in [-0.1, -0.05) is 19.1 Å². The number of carboxylic acids is 1. The Labute approximate surface area is 115 Å². The van der Waals surface area contributed by atoms with E-state index in [-0.39, 0.29) is 6.42 Å². The van der Waals surface area contributed by atoms with Crippen LogP contribution in [0.15, 0.2) is 24.3 Å². The zero-order chi connectivity index (χ0) is 14.5. The third-order valence-electron chi connectivity index (χ3n) is 3.43. The number of carbonyl (C=O) groups is 1. The molecule has 0 amide bonds.